The summed E-state index contributed by atoms with van der Waals surface area (Å²) in [6.07, 6.45) is 1.71. The van der Waals surface area contributed by atoms with Gasteiger partial charge in [-0.2, -0.15) is 5.26 Å². The molecule has 104 valence electrons. The number of fused-ring (bicyclic) bond motifs is 2. The summed E-state index contributed by atoms with van der Waals surface area (Å²) in [5, 5.41) is 10.4. The smallest absolute Gasteiger partial charge is 0.149 e. The second kappa shape index (κ2) is 4.90. The summed E-state index contributed by atoms with van der Waals surface area (Å²) in [7, 11) is 0. The van der Waals surface area contributed by atoms with E-state index in [4.69, 9.17) is 4.42 Å². The van der Waals surface area contributed by atoms with Crippen molar-refractivity contribution in [2.45, 2.75) is 0 Å². The highest BCUT2D eigenvalue weighted by Gasteiger charge is 2.09. The number of para-hydroxylation sites is 3. The summed E-state index contributed by atoms with van der Waals surface area (Å²) in [5.41, 5.74) is 2.98. The Bertz CT molecular complexity index is 981. The average molecular weight is 285 g/mol. The van der Waals surface area contributed by atoms with Crippen LogP contribution in [0.3, 0.4) is 0 Å². The SMILES string of the molecule is N#C/C(=C\c1cc2ccccc2o1)c1nc2ccccc2[nH]1. The van der Waals surface area contributed by atoms with Gasteiger partial charge >= 0.3 is 0 Å². The Morgan fingerprint density at radius 1 is 1.14 bits per heavy atom. The highest BCUT2D eigenvalue weighted by molar-refractivity contribution is 5.91. The third-order valence-corrected chi connectivity index (χ3v) is 3.50. The molecule has 4 aromatic rings. The molecule has 2 aromatic carbocycles. The Morgan fingerprint density at radius 2 is 1.95 bits per heavy atom. The van der Waals surface area contributed by atoms with Crippen LogP contribution in [-0.2, 0) is 0 Å². The lowest BCUT2D eigenvalue weighted by molar-refractivity contribution is 0.604. The number of rotatable bonds is 2. The van der Waals surface area contributed by atoms with Gasteiger partial charge in [-0.05, 0) is 24.3 Å². The van der Waals surface area contributed by atoms with Crippen molar-refractivity contribution < 1.29 is 4.42 Å². The Kier molecular flexibility index (Phi) is 2.77. The molecule has 0 amide bonds. The van der Waals surface area contributed by atoms with E-state index in [0.717, 1.165) is 22.0 Å². The minimum Gasteiger partial charge on any atom is -0.457 e. The number of nitrogens with one attached hydrogen (secondary N) is 1. The van der Waals surface area contributed by atoms with Gasteiger partial charge in [0.15, 0.2) is 0 Å². The van der Waals surface area contributed by atoms with Crippen LogP contribution in [0, 0.1) is 11.3 Å². The van der Waals surface area contributed by atoms with Crippen LogP contribution in [0.5, 0.6) is 0 Å². The number of aromatic nitrogens is 2. The average Bonchev–Trinajstić information content (AvgIpc) is 3.15. The normalized spacial score (nSPS) is 11.9. The summed E-state index contributed by atoms with van der Waals surface area (Å²) in [5.74, 6) is 1.18. The summed E-state index contributed by atoms with van der Waals surface area (Å²) < 4.78 is 5.73. The maximum Gasteiger partial charge on any atom is 0.149 e. The van der Waals surface area contributed by atoms with E-state index in [0.29, 0.717) is 17.2 Å². The molecule has 22 heavy (non-hydrogen) atoms. The predicted octanol–water partition coefficient (Wildman–Crippen LogP) is 4.37. The summed E-state index contributed by atoms with van der Waals surface area (Å²) in [6, 6.07) is 19.5. The quantitative estimate of drug-likeness (QED) is 0.556. The topological polar surface area (TPSA) is 65.6 Å². The van der Waals surface area contributed by atoms with Crippen molar-refractivity contribution in [1.82, 2.24) is 9.97 Å². The number of H-pyrrole nitrogens is 1. The predicted molar refractivity (Wildman–Crippen MR) is 85.8 cm³/mol. The zero-order chi connectivity index (χ0) is 14.9. The molecule has 4 rings (SSSR count). The molecule has 2 aromatic heterocycles. The van der Waals surface area contributed by atoms with Gasteiger partial charge in [0.2, 0.25) is 0 Å². The van der Waals surface area contributed by atoms with E-state index in [2.05, 4.69) is 16.0 Å². The van der Waals surface area contributed by atoms with Gasteiger partial charge in [-0.15, -0.1) is 0 Å². The van der Waals surface area contributed by atoms with E-state index in [1.165, 1.54) is 0 Å². The summed E-state index contributed by atoms with van der Waals surface area (Å²) >= 11 is 0. The van der Waals surface area contributed by atoms with Gasteiger partial charge in [-0.3, -0.25) is 0 Å². The maximum atomic E-state index is 9.42. The number of hydrogen-bond donors (Lipinski definition) is 1. The van der Waals surface area contributed by atoms with E-state index in [1.54, 1.807) is 6.08 Å². The second-order valence-electron chi connectivity index (χ2n) is 4.96. The maximum absolute atomic E-state index is 9.42. The van der Waals surface area contributed by atoms with Gasteiger partial charge in [0.1, 0.15) is 23.2 Å². The molecular weight excluding hydrogens is 274 g/mol. The Morgan fingerprint density at radius 3 is 2.77 bits per heavy atom. The van der Waals surface area contributed by atoms with Gasteiger partial charge in [-0.25, -0.2) is 4.98 Å². The highest BCUT2D eigenvalue weighted by atomic mass is 16.3. The molecule has 0 aliphatic heterocycles. The van der Waals surface area contributed by atoms with Crippen LogP contribution in [0.2, 0.25) is 0 Å². The fourth-order valence-electron chi connectivity index (χ4n) is 2.45. The monoisotopic (exact) mass is 285 g/mol. The molecule has 0 fully saturated rings. The number of hydrogen-bond acceptors (Lipinski definition) is 3. The third kappa shape index (κ3) is 2.05. The molecule has 0 aliphatic rings. The largest absolute Gasteiger partial charge is 0.457 e. The Balaban J connectivity index is 1.82. The number of nitrogens with zero attached hydrogens (tertiary/aromatic N) is 2. The number of benzene rings is 2. The lowest BCUT2D eigenvalue weighted by atomic mass is 10.2. The molecular formula is C18H11N3O. The van der Waals surface area contributed by atoms with Crippen molar-refractivity contribution in [3.05, 3.63) is 66.2 Å². The van der Waals surface area contributed by atoms with Gasteiger partial charge in [0.05, 0.1) is 16.6 Å². The molecule has 0 unspecified atom stereocenters. The van der Waals surface area contributed by atoms with Crippen LogP contribution < -0.4 is 0 Å². The van der Waals surface area contributed by atoms with Crippen LogP contribution in [-0.4, -0.2) is 9.97 Å². The van der Waals surface area contributed by atoms with Gasteiger partial charge in [-0.1, -0.05) is 30.3 Å². The molecule has 4 heteroatoms. The van der Waals surface area contributed by atoms with Crippen LogP contribution in [0.4, 0.5) is 0 Å². The van der Waals surface area contributed by atoms with Crippen LogP contribution in [0.25, 0.3) is 33.7 Å². The van der Waals surface area contributed by atoms with Gasteiger partial charge in [0, 0.05) is 11.5 Å². The number of imidazole rings is 1. The third-order valence-electron chi connectivity index (χ3n) is 3.50. The first-order valence-electron chi connectivity index (χ1n) is 6.89. The van der Waals surface area contributed by atoms with Gasteiger partial charge < -0.3 is 9.40 Å². The molecule has 0 saturated carbocycles. The standard InChI is InChI=1S/C18H11N3O/c19-11-13(18-20-15-6-2-3-7-16(15)21-18)10-14-9-12-5-1-4-8-17(12)22-14/h1-10H,(H,20,21)/b13-10+. The minimum absolute atomic E-state index is 0.440. The molecule has 1 N–H and O–H groups in total. The van der Waals surface area contributed by atoms with Crippen molar-refractivity contribution >= 4 is 33.7 Å². The molecule has 0 radical (unpaired) electrons. The molecule has 0 aliphatic carbocycles. The molecule has 4 nitrogen and oxygen atoms in total. The molecule has 0 atom stereocenters. The zero-order valence-corrected chi connectivity index (χ0v) is 11.6. The fraction of sp³-hybridized carbons (Fsp3) is 0. The van der Waals surface area contributed by atoms with Crippen molar-refractivity contribution in [3.63, 3.8) is 0 Å². The fourth-order valence-corrected chi connectivity index (χ4v) is 2.45. The highest BCUT2D eigenvalue weighted by Crippen LogP contribution is 2.23. The van der Waals surface area contributed by atoms with Gasteiger partial charge in [0.25, 0.3) is 0 Å². The Hall–Kier alpha value is -3.32. The first-order valence-corrected chi connectivity index (χ1v) is 6.89. The number of furan rings is 1. The van der Waals surface area contributed by atoms with Crippen molar-refractivity contribution in [3.8, 4) is 6.07 Å². The van der Waals surface area contributed by atoms with Crippen LogP contribution in [0.1, 0.15) is 11.6 Å². The molecule has 2 heterocycles. The van der Waals surface area contributed by atoms with Crippen LogP contribution >= 0.6 is 0 Å². The van der Waals surface area contributed by atoms with E-state index in [1.807, 2.05) is 54.6 Å². The number of allylic oxidation sites excluding steroid dienone is 1. The van der Waals surface area contributed by atoms with Crippen LogP contribution in [0.15, 0.2) is 59.0 Å². The molecule has 0 bridgehead atoms. The zero-order valence-electron chi connectivity index (χ0n) is 11.6. The van der Waals surface area contributed by atoms with Crippen molar-refractivity contribution in [2.75, 3.05) is 0 Å². The Labute approximate surface area is 126 Å². The van der Waals surface area contributed by atoms with E-state index >= 15 is 0 Å². The summed E-state index contributed by atoms with van der Waals surface area (Å²) in [4.78, 5) is 7.60. The minimum atomic E-state index is 0.440. The van der Waals surface area contributed by atoms with Crippen molar-refractivity contribution in [2.24, 2.45) is 0 Å². The molecule has 0 saturated heterocycles. The lowest BCUT2D eigenvalue weighted by Gasteiger charge is -1.91. The van der Waals surface area contributed by atoms with E-state index in [9.17, 15) is 5.26 Å². The first-order chi connectivity index (χ1) is 10.8. The van der Waals surface area contributed by atoms with E-state index < -0.39 is 0 Å². The number of aromatic amines is 1. The van der Waals surface area contributed by atoms with E-state index in [-0.39, 0.29) is 0 Å². The number of nitriles is 1. The van der Waals surface area contributed by atoms with Crippen molar-refractivity contribution in [1.29, 1.82) is 5.26 Å². The lowest BCUT2D eigenvalue weighted by Crippen LogP contribution is -1.83. The molecule has 0 spiro atoms. The first kappa shape index (κ1) is 12.4. The summed E-state index contributed by atoms with van der Waals surface area (Å²) in [6.45, 7) is 0. The second-order valence-corrected chi connectivity index (χ2v) is 4.96.